The first kappa shape index (κ1) is 19.7. The van der Waals surface area contributed by atoms with E-state index in [4.69, 9.17) is 9.15 Å². The van der Waals surface area contributed by atoms with Gasteiger partial charge in [0, 0.05) is 13.2 Å². The maximum Gasteiger partial charge on any atom is 0.234 e. The third-order valence-electron chi connectivity index (χ3n) is 5.48. The minimum Gasteiger partial charge on any atom is -0.468 e. The summed E-state index contributed by atoms with van der Waals surface area (Å²) in [4.78, 5) is 15.0. The minimum atomic E-state index is -0.0678. The van der Waals surface area contributed by atoms with Gasteiger partial charge in [0.05, 0.1) is 31.5 Å². The van der Waals surface area contributed by atoms with Crippen molar-refractivity contribution in [3.8, 4) is 0 Å². The Bertz CT molecular complexity index is 927. The van der Waals surface area contributed by atoms with Gasteiger partial charge in [-0.2, -0.15) is 0 Å². The van der Waals surface area contributed by atoms with Crippen LogP contribution in [-0.2, 0) is 16.1 Å². The molecule has 4 rings (SSSR count). The van der Waals surface area contributed by atoms with E-state index in [9.17, 15) is 4.79 Å². The van der Waals surface area contributed by atoms with Gasteiger partial charge in [0.25, 0.3) is 0 Å². The predicted molar refractivity (Wildman–Crippen MR) is 113 cm³/mol. The maximum absolute atomic E-state index is 12.9. The van der Waals surface area contributed by atoms with E-state index < -0.39 is 0 Å². The lowest BCUT2D eigenvalue weighted by atomic mass is 10.00. The van der Waals surface area contributed by atoms with Gasteiger partial charge in [-0.1, -0.05) is 42.5 Å². The van der Waals surface area contributed by atoms with E-state index >= 15 is 0 Å². The quantitative estimate of drug-likeness (QED) is 0.621. The Morgan fingerprint density at radius 3 is 2.83 bits per heavy atom. The second-order valence-corrected chi connectivity index (χ2v) is 7.74. The second-order valence-electron chi connectivity index (χ2n) is 7.74. The molecule has 1 aromatic heterocycles. The van der Waals surface area contributed by atoms with Gasteiger partial charge < -0.3 is 14.5 Å². The molecule has 1 fully saturated rings. The van der Waals surface area contributed by atoms with Crippen molar-refractivity contribution >= 4 is 16.7 Å². The molecule has 0 radical (unpaired) electrons. The molecular formula is C24H28N2O3. The van der Waals surface area contributed by atoms with Gasteiger partial charge in [-0.15, -0.1) is 0 Å². The smallest absolute Gasteiger partial charge is 0.234 e. The normalized spacial score (nSPS) is 17.7. The summed E-state index contributed by atoms with van der Waals surface area (Å²) >= 11 is 0. The van der Waals surface area contributed by atoms with Crippen molar-refractivity contribution in [1.29, 1.82) is 0 Å². The summed E-state index contributed by atoms with van der Waals surface area (Å²) < 4.78 is 11.3. The number of amides is 1. The van der Waals surface area contributed by atoms with Gasteiger partial charge in [0.2, 0.25) is 5.91 Å². The van der Waals surface area contributed by atoms with Crippen molar-refractivity contribution in [3.63, 3.8) is 0 Å². The molecule has 1 amide bonds. The molecule has 152 valence electrons. The lowest BCUT2D eigenvalue weighted by molar-refractivity contribution is -0.123. The van der Waals surface area contributed by atoms with Crippen LogP contribution < -0.4 is 5.32 Å². The first-order valence-corrected chi connectivity index (χ1v) is 10.3. The Hall–Kier alpha value is -2.63. The van der Waals surface area contributed by atoms with E-state index in [2.05, 4.69) is 34.5 Å². The Kier molecular flexibility index (Phi) is 6.27. The third kappa shape index (κ3) is 5.05. The van der Waals surface area contributed by atoms with Crippen LogP contribution in [0.25, 0.3) is 10.8 Å². The second kappa shape index (κ2) is 9.25. The average molecular weight is 392 g/mol. The number of hydrogen-bond acceptors (Lipinski definition) is 4. The van der Waals surface area contributed by atoms with Crippen LogP contribution >= 0.6 is 0 Å². The number of fused-ring (bicyclic) bond motifs is 1. The maximum atomic E-state index is 12.9. The van der Waals surface area contributed by atoms with Crippen LogP contribution in [0.3, 0.4) is 0 Å². The fourth-order valence-corrected chi connectivity index (χ4v) is 4.08. The molecule has 1 aliphatic rings. The highest BCUT2D eigenvalue weighted by Crippen LogP contribution is 2.24. The highest BCUT2D eigenvalue weighted by molar-refractivity contribution is 5.87. The van der Waals surface area contributed by atoms with E-state index in [-0.39, 0.29) is 18.1 Å². The molecule has 5 heteroatoms. The monoisotopic (exact) mass is 392 g/mol. The number of hydrogen-bond donors (Lipinski definition) is 1. The fourth-order valence-electron chi connectivity index (χ4n) is 4.08. The summed E-state index contributed by atoms with van der Waals surface area (Å²) in [6, 6.07) is 18.2. The van der Waals surface area contributed by atoms with E-state index in [0.29, 0.717) is 13.1 Å². The highest BCUT2D eigenvalue weighted by atomic mass is 16.5. The van der Waals surface area contributed by atoms with E-state index in [0.717, 1.165) is 37.3 Å². The number of carbonyl (C=O) groups is 1. The van der Waals surface area contributed by atoms with Gasteiger partial charge in [-0.3, -0.25) is 9.69 Å². The van der Waals surface area contributed by atoms with Crippen molar-refractivity contribution < 1.29 is 13.9 Å². The molecule has 0 saturated carbocycles. The van der Waals surface area contributed by atoms with Crippen molar-refractivity contribution in [1.82, 2.24) is 10.2 Å². The summed E-state index contributed by atoms with van der Waals surface area (Å²) in [5.74, 6) is 0.868. The molecule has 1 saturated heterocycles. The van der Waals surface area contributed by atoms with Crippen LogP contribution in [0.2, 0.25) is 0 Å². The Balaban J connectivity index is 1.42. The molecule has 1 aliphatic heterocycles. The van der Waals surface area contributed by atoms with Crippen molar-refractivity contribution in [2.45, 2.75) is 38.5 Å². The zero-order chi connectivity index (χ0) is 20.1. The number of ether oxygens (including phenoxy) is 1. The van der Waals surface area contributed by atoms with E-state index in [1.54, 1.807) is 6.26 Å². The average Bonchev–Trinajstić information content (AvgIpc) is 3.41. The zero-order valence-electron chi connectivity index (χ0n) is 16.8. The molecule has 2 unspecified atom stereocenters. The topological polar surface area (TPSA) is 54.7 Å². The van der Waals surface area contributed by atoms with E-state index in [1.807, 2.05) is 37.3 Å². The SMILES string of the molecule is CC(NC(=O)CN(Cc1ccco1)CC1CCCO1)c1cccc2ccccc12. The molecule has 2 heterocycles. The van der Waals surface area contributed by atoms with Crippen LogP contribution in [0, 0.1) is 0 Å². The van der Waals surface area contributed by atoms with Crippen molar-refractivity contribution in [2.24, 2.45) is 0 Å². The van der Waals surface area contributed by atoms with Crippen LogP contribution in [0.1, 0.15) is 37.1 Å². The predicted octanol–water partition coefficient (Wildman–Crippen LogP) is 4.29. The summed E-state index contributed by atoms with van der Waals surface area (Å²) in [7, 11) is 0. The molecule has 2 atom stereocenters. The first-order valence-electron chi connectivity index (χ1n) is 10.3. The summed E-state index contributed by atoms with van der Waals surface area (Å²) in [6.07, 6.45) is 3.99. The van der Waals surface area contributed by atoms with Gasteiger partial charge in [0.15, 0.2) is 0 Å². The zero-order valence-corrected chi connectivity index (χ0v) is 16.8. The number of furan rings is 1. The fraction of sp³-hybridized carbons (Fsp3) is 0.375. The molecule has 0 aliphatic carbocycles. The van der Waals surface area contributed by atoms with Gasteiger partial charge in [0.1, 0.15) is 5.76 Å². The molecule has 5 nitrogen and oxygen atoms in total. The van der Waals surface area contributed by atoms with Crippen LogP contribution in [0.4, 0.5) is 0 Å². The molecular weight excluding hydrogens is 364 g/mol. The molecule has 2 aromatic carbocycles. The number of benzene rings is 2. The molecule has 29 heavy (non-hydrogen) atoms. The Morgan fingerprint density at radius 1 is 1.17 bits per heavy atom. The Labute approximate surface area is 171 Å². The van der Waals surface area contributed by atoms with Crippen molar-refractivity contribution in [2.75, 3.05) is 19.7 Å². The van der Waals surface area contributed by atoms with Crippen LogP contribution in [-0.4, -0.2) is 36.6 Å². The molecule has 3 aromatic rings. The summed E-state index contributed by atoms with van der Waals surface area (Å²) in [6.45, 7) is 4.50. The van der Waals surface area contributed by atoms with E-state index in [1.165, 1.54) is 10.8 Å². The number of nitrogens with zero attached hydrogens (tertiary/aromatic N) is 1. The first-order chi connectivity index (χ1) is 14.2. The summed E-state index contributed by atoms with van der Waals surface area (Å²) in [5.41, 5.74) is 1.13. The highest BCUT2D eigenvalue weighted by Gasteiger charge is 2.22. The van der Waals surface area contributed by atoms with Crippen molar-refractivity contribution in [3.05, 3.63) is 72.2 Å². The Morgan fingerprint density at radius 2 is 2.03 bits per heavy atom. The number of rotatable bonds is 8. The third-order valence-corrected chi connectivity index (χ3v) is 5.48. The lowest BCUT2D eigenvalue weighted by Gasteiger charge is -2.25. The molecule has 0 spiro atoms. The van der Waals surface area contributed by atoms with Gasteiger partial charge in [-0.25, -0.2) is 0 Å². The molecule has 0 bridgehead atoms. The van der Waals surface area contributed by atoms with Crippen LogP contribution in [0.5, 0.6) is 0 Å². The van der Waals surface area contributed by atoms with Crippen LogP contribution in [0.15, 0.2) is 65.3 Å². The minimum absolute atomic E-state index is 0.00925. The summed E-state index contributed by atoms with van der Waals surface area (Å²) in [5, 5.41) is 5.53. The number of nitrogens with one attached hydrogen (secondary N) is 1. The lowest BCUT2D eigenvalue weighted by Crippen LogP contribution is -2.41. The van der Waals surface area contributed by atoms with Gasteiger partial charge in [-0.05, 0) is 48.2 Å². The largest absolute Gasteiger partial charge is 0.468 e. The molecule has 1 N–H and O–H groups in total. The van der Waals surface area contributed by atoms with Gasteiger partial charge >= 0.3 is 0 Å². The standard InChI is InChI=1S/C24H28N2O3/c1-18(22-12-4-8-19-7-2-3-11-23(19)22)25-24(27)17-26(15-20-9-5-13-28-20)16-21-10-6-14-29-21/h2-5,7-9,11-13,18,21H,6,10,14-17H2,1H3,(H,25,27). The number of carbonyl (C=O) groups excluding carboxylic acids is 1.